The molecule has 0 aromatic heterocycles. The second-order valence-electron chi connectivity index (χ2n) is 3.27. The SMILES string of the molecule is C[N+](C)(C)C.N=C(N)N.NC=O.[Cl-]. The number of carbonyl (C=O) groups excluding carboxylic acids is 1. The number of rotatable bonds is 0. The highest BCUT2D eigenvalue weighted by Gasteiger charge is 1.88. The summed E-state index contributed by atoms with van der Waals surface area (Å²) in [7, 11) is 8.50. The van der Waals surface area contributed by atoms with E-state index in [9.17, 15) is 0 Å². The average Bonchev–Trinajstić information content (AvgIpc) is 1.56. The molecule has 0 atom stereocenters. The number of amides is 1. The zero-order valence-corrected chi connectivity index (χ0v) is 9.30. The molecule has 0 saturated heterocycles. The third-order valence-corrected chi connectivity index (χ3v) is 0. The summed E-state index contributed by atoms with van der Waals surface area (Å²) in [6.07, 6.45) is 0.250. The monoisotopic (exact) mass is 213 g/mol. The number of nitrogens with one attached hydrogen (secondary N) is 1. The van der Waals surface area contributed by atoms with Gasteiger partial charge >= 0.3 is 0 Å². The van der Waals surface area contributed by atoms with E-state index in [1.165, 1.54) is 0 Å². The first-order chi connectivity index (χ1) is 5.15. The highest BCUT2D eigenvalue weighted by molar-refractivity contribution is 5.71. The van der Waals surface area contributed by atoms with Gasteiger partial charge in [-0.15, -0.1) is 0 Å². The maximum Gasteiger partial charge on any atom is 0.204 e. The Hall–Kier alpha value is -1.01. The molecule has 7 N–H and O–H groups in total. The third kappa shape index (κ3) is 871. The van der Waals surface area contributed by atoms with Crippen molar-refractivity contribution in [3.8, 4) is 0 Å². The summed E-state index contributed by atoms with van der Waals surface area (Å²) in [6, 6.07) is 0. The van der Waals surface area contributed by atoms with Crippen LogP contribution in [0.5, 0.6) is 0 Å². The van der Waals surface area contributed by atoms with E-state index < -0.39 is 0 Å². The molecule has 0 unspecified atom stereocenters. The number of primary amides is 1. The zero-order chi connectivity index (χ0) is 10.8. The first-order valence-corrected chi connectivity index (χ1v) is 3.19. The van der Waals surface area contributed by atoms with Crippen molar-refractivity contribution in [3.05, 3.63) is 0 Å². The van der Waals surface area contributed by atoms with E-state index in [2.05, 4.69) is 45.4 Å². The van der Waals surface area contributed by atoms with Crippen LogP contribution in [0.4, 0.5) is 0 Å². The second-order valence-corrected chi connectivity index (χ2v) is 3.27. The number of hydrogen-bond acceptors (Lipinski definition) is 2. The van der Waals surface area contributed by atoms with Crippen LogP contribution in [0.25, 0.3) is 0 Å². The number of nitrogens with two attached hydrogens (primary N) is 3. The van der Waals surface area contributed by atoms with Crippen LogP contribution in [-0.4, -0.2) is 45.0 Å². The topological polar surface area (TPSA) is 119 Å². The largest absolute Gasteiger partial charge is 1.00 e. The van der Waals surface area contributed by atoms with E-state index in [-0.39, 0.29) is 24.8 Å². The van der Waals surface area contributed by atoms with Gasteiger partial charge in [0.15, 0.2) is 5.96 Å². The van der Waals surface area contributed by atoms with Crippen LogP contribution in [-0.2, 0) is 4.79 Å². The fraction of sp³-hybridized carbons (Fsp3) is 0.667. The molecule has 0 spiro atoms. The van der Waals surface area contributed by atoms with Crippen molar-refractivity contribution >= 4 is 12.4 Å². The van der Waals surface area contributed by atoms with E-state index in [0.29, 0.717) is 0 Å². The Morgan fingerprint density at radius 3 is 1.23 bits per heavy atom. The minimum absolute atomic E-state index is 0. The molecule has 6 nitrogen and oxygen atoms in total. The van der Waals surface area contributed by atoms with Crippen LogP contribution in [0, 0.1) is 5.41 Å². The van der Waals surface area contributed by atoms with Gasteiger partial charge < -0.3 is 34.1 Å². The van der Waals surface area contributed by atoms with Crippen LogP contribution >= 0.6 is 0 Å². The summed E-state index contributed by atoms with van der Waals surface area (Å²) >= 11 is 0. The van der Waals surface area contributed by atoms with Gasteiger partial charge in [0.2, 0.25) is 6.41 Å². The summed E-state index contributed by atoms with van der Waals surface area (Å²) in [5.41, 5.74) is 13.1. The highest BCUT2D eigenvalue weighted by atomic mass is 35.5. The number of halogens is 1. The Bertz CT molecular complexity index is 113. The molecule has 0 rings (SSSR count). The number of nitrogens with zero attached hydrogens (tertiary/aromatic N) is 1. The molecule has 0 aromatic rings. The molecule has 0 aromatic carbocycles. The van der Waals surface area contributed by atoms with Crippen molar-refractivity contribution < 1.29 is 21.7 Å². The summed E-state index contributed by atoms with van der Waals surface area (Å²) in [5.74, 6) is -0.333. The predicted octanol–water partition coefficient (Wildman–Crippen LogP) is -4.73. The number of carbonyl (C=O) groups is 1. The van der Waals surface area contributed by atoms with Gasteiger partial charge in [0.25, 0.3) is 0 Å². The van der Waals surface area contributed by atoms with Crippen LogP contribution in [0.3, 0.4) is 0 Å². The smallest absolute Gasteiger partial charge is 0.204 e. The third-order valence-electron chi connectivity index (χ3n) is 0. The standard InChI is InChI=1S/C4H12N.CH5N3.CH3NO.ClH/c1-5(2,3)4;2-1(3)4;2-1-3;/h1-4H3;(H5,2,3,4);1H,(H2,2,3);1H/q+1;;;/p-1. The van der Waals surface area contributed by atoms with Crippen LogP contribution < -0.4 is 29.6 Å². The fourth-order valence-electron chi connectivity index (χ4n) is 0. The average molecular weight is 214 g/mol. The van der Waals surface area contributed by atoms with Crippen LogP contribution in [0.2, 0.25) is 0 Å². The van der Waals surface area contributed by atoms with E-state index in [0.717, 1.165) is 4.48 Å². The molecule has 82 valence electrons. The minimum atomic E-state index is -0.333. The Labute approximate surface area is 85.6 Å². The second kappa shape index (κ2) is 13.6. The Balaban J connectivity index is -0.0000000465. The van der Waals surface area contributed by atoms with Gasteiger partial charge in [0.1, 0.15) is 0 Å². The van der Waals surface area contributed by atoms with Gasteiger partial charge in [-0.1, -0.05) is 0 Å². The lowest BCUT2D eigenvalue weighted by atomic mass is 10.8. The fourth-order valence-corrected chi connectivity index (χ4v) is 0. The summed E-state index contributed by atoms with van der Waals surface area (Å²) in [4.78, 5) is 8.58. The first-order valence-electron chi connectivity index (χ1n) is 3.19. The molecule has 0 fully saturated rings. The van der Waals surface area contributed by atoms with Crippen molar-refractivity contribution in [2.45, 2.75) is 0 Å². The molecule has 1 amide bonds. The molecular formula is C6H20ClN5O. The van der Waals surface area contributed by atoms with Crippen LogP contribution in [0.1, 0.15) is 0 Å². The van der Waals surface area contributed by atoms with Gasteiger partial charge in [-0.2, -0.15) is 0 Å². The molecule has 0 saturated carbocycles. The van der Waals surface area contributed by atoms with Gasteiger partial charge in [-0.3, -0.25) is 10.2 Å². The predicted molar refractivity (Wildman–Crippen MR) is 50.3 cm³/mol. The van der Waals surface area contributed by atoms with Gasteiger partial charge in [0, 0.05) is 0 Å². The molecule has 13 heavy (non-hydrogen) atoms. The Kier molecular flexibility index (Phi) is 23.7. The number of quaternary nitrogens is 1. The van der Waals surface area contributed by atoms with Crippen LogP contribution in [0.15, 0.2) is 0 Å². The van der Waals surface area contributed by atoms with Gasteiger partial charge in [-0.25, -0.2) is 0 Å². The van der Waals surface area contributed by atoms with E-state index in [4.69, 9.17) is 10.2 Å². The van der Waals surface area contributed by atoms with E-state index in [1.54, 1.807) is 0 Å². The van der Waals surface area contributed by atoms with Crippen molar-refractivity contribution in [2.75, 3.05) is 28.2 Å². The number of guanidine groups is 1. The van der Waals surface area contributed by atoms with Crippen molar-refractivity contribution in [3.63, 3.8) is 0 Å². The summed E-state index contributed by atoms with van der Waals surface area (Å²) < 4.78 is 1.00. The molecule has 0 radical (unpaired) electrons. The van der Waals surface area contributed by atoms with Gasteiger partial charge in [0.05, 0.1) is 28.2 Å². The Morgan fingerprint density at radius 1 is 1.23 bits per heavy atom. The molecule has 0 aliphatic rings. The van der Waals surface area contributed by atoms with Crippen molar-refractivity contribution in [1.29, 1.82) is 5.41 Å². The quantitative estimate of drug-likeness (QED) is 0.140. The lowest BCUT2D eigenvalue weighted by Gasteiger charge is -2.14. The summed E-state index contributed by atoms with van der Waals surface area (Å²) in [5, 5.41) is 6.06. The van der Waals surface area contributed by atoms with Gasteiger partial charge in [-0.05, 0) is 0 Å². The molecular weight excluding hydrogens is 194 g/mol. The lowest BCUT2D eigenvalue weighted by molar-refractivity contribution is -0.849. The molecule has 7 heteroatoms. The summed E-state index contributed by atoms with van der Waals surface area (Å²) in [6.45, 7) is 0. The molecule has 0 bridgehead atoms. The number of hydrogen-bond donors (Lipinski definition) is 4. The maximum absolute atomic E-state index is 8.58. The van der Waals surface area contributed by atoms with E-state index >= 15 is 0 Å². The molecule has 0 aliphatic carbocycles. The first kappa shape index (κ1) is 22.7. The Morgan fingerprint density at radius 2 is 1.23 bits per heavy atom. The highest BCUT2D eigenvalue weighted by Crippen LogP contribution is 1.73. The molecule has 0 aliphatic heterocycles. The lowest BCUT2D eigenvalue weighted by Crippen LogP contribution is -3.00. The van der Waals surface area contributed by atoms with Crippen molar-refractivity contribution in [1.82, 2.24) is 0 Å². The van der Waals surface area contributed by atoms with E-state index in [1.807, 2.05) is 0 Å². The maximum atomic E-state index is 8.58. The van der Waals surface area contributed by atoms with Crippen molar-refractivity contribution in [2.24, 2.45) is 17.2 Å². The zero-order valence-electron chi connectivity index (χ0n) is 8.54. The normalized spacial score (nSPS) is 7.38. The molecule has 0 heterocycles. The minimum Gasteiger partial charge on any atom is -1.00 e.